The molecule has 0 aliphatic carbocycles. The average Bonchev–Trinajstić information content (AvgIpc) is 2.82. The third-order valence-electron chi connectivity index (χ3n) is 2.72. The second-order valence-electron chi connectivity index (χ2n) is 3.96. The minimum Gasteiger partial charge on any atom is -0.379 e. The van der Waals surface area contributed by atoms with Gasteiger partial charge in [0.2, 0.25) is 5.91 Å². The van der Waals surface area contributed by atoms with Crippen LogP contribution in [0.15, 0.2) is 30.3 Å². The summed E-state index contributed by atoms with van der Waals surface area (Å²) in [7, 11) is 0. The van der Waals surface area contributed by atoms with E-state index in [1.807, 2.05) is 30.3 Å². The SMILES string of the molecule is N[C@@H](C(=O)NC1CCOC1)c1ccccc1. The number of nitrogens with two attached hydrogens (primary N) is 1. The molecule has 2 atom stereocenters. The first-order chi connectivity index (χ1) is 7.77. The van der Waals surface area contributed by atoms with Gasteiger partial charge >= 0.3 is 0 Å². The van der Waals surface area contributed by atoms with E-state index in [9.17, 15) is 4.79 Å². The molecule has 1 unspecified atom stereocenters. The largest absolute Gasteiger partial charge is 0.379 e. The van der Waals surface area contributed by atoms with Crippen LogP contribution in [-0.4, -0.2) is 25.2 Å². The Balaban J connectivity index is 1.94. The quantitative estimate of drug-likeness (QED) is 0.783. The molecule has 1 aliphatic rings. The maximum Gasteiger partial charge on any atom is 0.241 e. The lowest BCUT2D eigenvalue weighted by atomic mass is 10.1. The zero-order valence-corrected chi connectivity index (χ0v) is 9.06. The summed E-state index contributed by atoms with van der Waals surface area (Å²) in [6, 6.07) is 8.88. The van der Waals surface area contributed by atoms with Crippen LogP contribution in [-0.2, 0) is 9.53 Å². The number of ether oxygens (including phenoxy) is 1. The smallest absolute Gasteiger partial charge is 0.241 e. The van der Waals surface area contributed by atoms with E-state index in [-0.39, 0.29) is 11.9 Å². The van der Waals surface area contributed by atoms with Crippen LogP contribution in [0.1, 0.15) is 18.0 Å². The Labute approximate surface area is 94.8 Å². The molecule has 3 N–H and O–H groups in total. The Morgan fingerprint density at radius 1 is 1.44 bits per heavy atom. The van der Waals surface area contributed by atoms with E-state index in [0.29, 0.717) is 13.2 Å². The summed E-state index contributed by atoms with van der Waals surface area (Å²) in [6.07, 6.45) is 0.868. The van der Waals surface area contributed by atoms with E-state index in [4.69, 9.17) is 10.5 Å². The number of carbonyl (C=O) groups is 1. The van der Waals surface area contributed by atoms with Gasteiger partial charge in [-0.1, -0.05) is 30.3 Å². The van der Waals surface area contributed by atoms with E-state index in [2.05, 4.69) is 5.32 Å². The van der Waals surface area contributed by atoms with Gasteiger partial charge in [-0.05, 0) is 12.0 Å². The normalized spacial score (nSPS) is 21.7. The number of benzene rings is 1. The fourth-order valence-electron chi connectivity index (χ4n) is 1.75. The minimum atomic E-state index is -0.596. The van der Waals surface area contributed by atoms with Gasteiger partial charge in [0.05, 0.1) is 12.6 Å². The summed E-state index contributed by atoms with van der Waals surface area (Å²) in [5, 5.41) is 2.89. The van der Waals surface area contributed by atoms with Gasteiger partial charge in [0, 0.05) is 6.61 Å². The summed E-state index contributed by atoms with van der Waals surface area (Å²) >= 11 is 0. The molecule has 16 heavy (non-hydrogen) atoms. The minimum absolute atomic E-state index is 0.113. The lowest BCUT2D eigenvalue weighted by Gasteiger charge is -2.15. The molecule has 1 aromatic carbocycles. The molecular formula is C12H16N2O2. The third kappa shape index (κ3) is 2.59. The molecule has 2 rings (SSSR count). The molecule has 1 heterocycles. The molecule has 1 saturated heterocycles. The first kappa shape index (κ1) is 11.1. The summed E-state index contributed by atoms with van der Waals surface area (Å²) in [4.78, 5) is 11.8. The summed E-state index contributed by atoms with van der Waals surface area (Å²) in [5.74, 6) is -0.137. The molecule has 0 bridgehead atoms. The van der Waals surface area contributed by atoms with E-state index in [1.165, 1.54) is 0 Å². The van der Waals surface area contributed by atoms with Crippen molar-refractivity contribution in [3.63, 3.8) is 0 Å². The molecule has 4 nitrogen and oxygen atoms in total. The Morgan fingerprint density at radius 3 is 2.81 bits per heavy atom. The third-order valence-corrected chi connectivity index (χ3v) is 2.72. The maximum absolute atomic E-state index is 11.8. The predicted octanol–water partition coefficient (Wildman–Crippen LogP) is 0.591. The van der Waals surface area contributed by atoms with Gasteiger partial charge in [-0.3, -0.25) is 4.79 Å². The monoisotopic (exact) mass is 220 g/mol. The number of amides is 1. The van der Waals surface area contributed by atoms with Crippen LogP contribution in [0, 0.1) is 0 Å². The van der Waals surface area contributed by atoms with Crippen LogP contribution in [0.3, 0.4) is 0 Å². The molecule has 0 spiro atoms. The van der Waals surface area contributed by atoms with Crippen molar-refractivity contribution in [1.29, 1.82) is 0 Å². The Hall–Kier alpha value is -1.39. The molecular weight excluding hydrogens is 204 g/mol. The van der Waals surface area contributed by atoms with Crippen molar-refractivity contribution in [1.82, 2.24) is 5.32 Å². The lowest BCUT2D eigenvalue weighted by Crippen LogP contribution is -2.41. The van der Waals surface area contributed by atoms with Crippen molar-refractivity contribution in [3.05, 3.63) is 35.9 Å². The van der Waals surface area contributed by atoms with E-state index < -0.39 is 6.04 Å². The Morgan fingerprint density at radius 2 is 2.19 bits per heavy atom. The average molecular weight is 220 g/mol. The zero-order chi connectivity index (χ0) is 11.4. The Bertz CT molecular complexity index is 347. The first-order valence-corrected chi connectivity index (χ1v) is 5.46. The van der Waals surface area contributed by atoms with Gasteiger partial charge < -0.3 is 15.8 Å². The molecule has 4 heteroatoms. The van der Waals surface area contributed by atoms with Gasteiger partial charge in [0.1, 0.15) is 6.04 Å². The molecule has 0 aromatic heterocycles. The van der Waals surface area contributed by atoms with Crippen LogP contribution in [0.4, 0.5) is 0 Å². The highest BCUT2D eigenvalue weighted by atomic mass is 16.5. The lowest BCUT2D eigenvalue weighted by molar-refractivity contribution is -0.123. The first-order valence-electron chi connectivity index (χ1n) is 5.46. The van der Waals surface area contributed by atoms with Crippen molar-refractivity contribution >= 4 is 5.91 Å². The van der Waals surface area contributed by atoms with Crippen LogP contribution in [0.5, 0.6) is 0 Å². The van der Waals surface area contributed by atoms with Gasteiger partial charge in [-0.15, -0.1) is 0 Å². The predicted molar refractivity (Wildman–Crippen MR) is 60.7 cm³/mol. The van der Waals surface area contributed by atoms with E-state index in [1.54, 1.807) is 0 Å². The molecule has 0 saturated carbocycles. The van der Waals surface area contributed by atoms with Gasteiger partial charge in [0.15, 0.2) is 0 Å². The fourth-order valence-corrected chi connectivity index (χ4v) is 1.75. The Kier molecular flexibility index (Phi) is 3.54. The van der Waals surface area contributed by atoms with Crippen LogP contribution in [0.25, 0.3) is 0 Å². The topological polar surface area (TPSA) is 64.4 Å². The van der Waals surface area contributed by atoms with Crippen molar-refractivity contribution < 1.29 is 9.53 Å². The van der Waals surface area contributed by atoms with Crippen molar-refractivity contribution in [2.45, 2.75) is 18.5 Å². The van der Waals surface area contributed by atoms with Crippen molar-refractivity contribution in [2.24, 2.45) is 5.73 Å². The molecule has 1 aromatic rings. The second kappa shape index (κ2) is 5.09. The highest BCUT2D eigenvalue weighted by Crippen LogP contribution is 2.11. The zero-order valence-electron chi connectivity index (χ0n) is 9.06. The number of hydrogen-bond donors (Lipinski definition) is 2. The molecule has 0 radical (unpaired) electrons. The number of carbonyl (C=O) groups excluding carboxylic acids is 1. The van der Waals surface area contributed by atoms with Gasteiger partial charge in [-0.25, -0.2) is 0 Å². The summed E-state index contributed by atoms with van der Waals surface area (Å²) < 4.78 is 5.19. The molecule has 1 fully saturated rings. The van der Waals surface area contributed by atoms with Crippen LogP contribution < -0.4 is 11.1 Å². The van der Waals surface area contributed by atoms with Crippen LogP contribution >= 0.6 is 0 Å². The number of nitrogens with one attached hydrogen (secondary N) is 1. The standard InChI is InChI=1S/C12H16N2O2/c13-11(9-4-2-1-3-5-9)12(15)14-10-6-7-16-8-10/h1-5,10-11H,6-8,13H2,(H,14,15)/t10?,11-/m1/s1. The van der Waals surface area contributed by atoms with Crippen molar-refractivity contribution in [3.8, 4) is 0 Å². The van der Waals surface area contributed by atoms with Crippen molar-refractivity contribution in [2.75, 3.05) is 13.2 Å². The van der Waals surface area contributed by atoms with E-state index in [0.717, 1.165) is 12.0 Å². The second-order valence-corrected chi connectivity index (χ2v) is 3.96. The molecule has 86 valence electrons. The van der Waals surface area contributed by atoms with E-state index >= 15 is 0 Å². The number of hydrogen-bond acceptors (Lipinski definition) is 3. The molecule has 1 aliphatic heterocycles. The summed E-state index contributed by atoms with van der Waals surface area (Å²) in [6.45, 7) is 1.30. The highest BCUT2D eigenvalue weighted by molar-refractivity contribution is 5.83. The number of rotatable bonds is 3. The fraction of sp³-hybridized carbons (Fsp3) is 0.417. The van der Waals surface area contributed by atoms with Gasteiger partial charge in [0.25, 0.3) is 0 Å². The van der Waals surface area contributed by atoms with Crippen LogP contribution in [0.2, 0.25) is 0 Å². The molecule has 1 amide bonds. The van der Waals surface area contributed by atoms with Gasteiger partial charge in [-0.2, -0.15) is 0 Å². The highest BCUT2D eigenvalue weighted by Gasteiger charge is 2.22. The maximum atomic E-state index is 11.8. The summed E-state index contributed by atoms with van der Waals surface area (Å²) in [5.41, 5.74) is 6.70.